The van der Waals surface area contributed by atoms with E-state index in [1.165, 1.54) is 12.4 Å². The summed E-state index contributed by atoms with van der Waals surface area (Å²) in [5, 5.41) is 2.40. The molecule has 1 aromatic rings. The number of nitrogens with zero attached hydrogens (tertiary/aromatic N) is 1. The van der Waals surface area contributed by atoms with E-state index in [4.69, 9.17) is 0 Å². The molecular formula is C10H5I2N. The zero-order valence-corrected chi connectivity index (χ0v) is 10.9. The fraction of sp³-hybridized carbons (Fsp3) is 0. The summed E-state index contributed by atoms with van der Waals surface area (Å²) >= 11 is 4.62. The van der Waals surface area contributed by atoms with E-state index in [1.807, 2.05) is 12.3 Å². The van der Waals surface area contributed by atoms with Gasteiger partial charge < -0.3 is 0 Å². The maximum atomic E-state index is 4.03. The van der Waals surface area contributed by atoms with E-state index in [-0.39, 0.29) is 0 Å². The molecule has 0 aliphatic carbocycles. The zero-order valence-electron chi connectivity index (χ0n) is 6.59. The molecule has 2 rings (SSSR count). The first-order chi connectivity index (χ1) is 6.27. The van der Waals surface area contributed by atoms with Gasteiger partial charge in [0.15, 0.2) is 0 Å². The maximum absolute atomic E-state index is 4.03. The molecule has 0 bridgehead atoms. The molecule has 0 unspecified atom stereocenters. The number of allylic oxidation sites excluding steroid dienone is 1. The van der Waals surface area contributed by atoms with Gasteiger partial charge in [0.25, 0.3) is 0 Å². The average Bonchev–Trinajstić information content (AvgIpc) is 2.29. The van der Waals surface area contributed by atoms with Crippen LogP contribution in [-0.4, -0.2) is 5.87 Å². The van der Waals surface area contributed by atoms with Crippen LogP contribution in [-0.2, 0) is 0 Å². The summed E-state index contributed by atoms with van der Waals surface area (Å²) in [4.78, 5) is 4.03. The van der Waals surface area contributed by atoms with Crippen LogP contribution in [0.4, 0.5) is 0 Å². The highest BCUT2D eigenvalue weighted by molar-refractivity contribution is 14.1. The third-order valence-corrected chi connectivity index (χ3v) is 3.31. The fourth-order valence-electron chi connectivity index (χ4n) is 1.13. The first-order valence-corrected chi connectivity index (χ1v) is 5.87. The van der Waals surface area contributed by atoms with E-state index in [0.29, 0.717) is 0 Å². The van der Waals surface area contributed by atoms with E-state index in [2.05, 4.69) is 74.2 Å². The lowest BCUT2D eigenvalue weighted by Crippen LogP contribution is -2.25. The molecule has 1 aliphatic heterocycles. The number of halogens is 2. The molecule has 0 N–H and O–H groups in total. The second kappa shape index (κ2) is 3.94. The minimum atomic E-state index is 1.16. The van der Waals surface area contributed by atoms with Crippen LogP contribution in [0.5, 0.6) is 0 Å². The number of hydrogen-bond donors (Lipinski definition) is 0. The van der Waals surface area contributed by atoms with Gasteiger partial charge in [0.2, 0.25) is 0 Å². The van der Waals surface area contributed by atoms with E-state index >= 15 is 0 Å². The minimum Gasteiger partial charge on any atom is -0.213 e. The van der Waals surface area contributed by atoms with Crippen molar-refractivity contribution in [1.82, 2.24) is 0 Å². The summed E-state index contributed by atoms with van der Waals surface area (Å²) in [6.07, 6.45) is 3.74. The third kappa shape index (κ3) is 2.03. The molecule has 1 aliphatic rings. The van der Waals surface area contributed by atoms with Crippen LogP contribution in [0.3, 0.4) is 0 Å². The molecule has 0 atom stereocenters. The number of fused-ring (bicyclic) bond motifs is 1. The molecule has 0 amide bonds. The van der Waals surface area contributed by atoms with Gasteiger partial charge in [-0.25, -0.2) is 4.99 Å². The number of rotatable bonds is 0. The second-order valence-corrected chi connectivity index (χ2v) is 5.02. The SMILES string of the molecule is IC1=c2cc(I)ccc2=CN=C=C1. The van der Waals surface area contributed by atoms with Crippen LogP contribution in [0.1, 0.15) is 0 Å². The first kappa shape index (κ1) is 9.43. The molecule has 0 aromatic heterocycles. The molecule has 0 fully saturated rings. The Bertz CT molecular complexity index is 522. The van der Waals surface area contributed by atoms with E-state index in [9.17, 15) is 0 Å². The first-order valence-electron chi connectivity index (χ1n) is 3.71. The van der Waals surface area contributed by atoms with Crippen molar-refractivity contribution in [3.05, 3.63) is 38.3 Å². The Labute approximate surface area is 103 Å². The van der Waals surface area contributed by atoms with E-state index in [1.54, 1.807) is 0 Å². The van der Waals surface area contributed by atoms with Crippen LogP contribution in [0, 0.1) is 3.57 Å². The predicted octanol–water partition coefficient (Wildman–Crippen LogP) is 1.81. The molecule has 0 spiro atoms. The molecule has 64 valence electrons. The Morgan fingerprint density at radius 3 is 2.92 bits per heavy atom. The molecule has 0 radical (unpaired) electrons. The van der Waals surface area contributed by atoms with Gasteiger partial charge in [0.1, 0.15) is 0 Å². The summed E-state index contributed by atoms with van der Waals surface area (Å²) in [5.41, 5.74) is 0. The van der Waals surface area contributed by atoms with Crippen LogP contribution in [0.25, 0.3) is 9.78 Å². The molecule has 1 aromatic carbocycles. The van der Waals surface area contributed by atoms with Crippen molar-refractivity contribution >= 4 is 60.8 Å². The van der Waals surface area contributed by atoms with Crippen molar-refractivity contribution in [1.29, 1.82) is 0 Å². The van der Waals surface area contributed by atoms with Gasteiger partial charge in [-0.2, -0.15) is 0 Å². The largest absolute Gasteiger partial charge is 0.213 e. The van der Waals surface area contributed by atoms with Gasteiger partial charge >= 0.3 is 0 Å². The predicted molar refractivity (Wildman–Crippen MR) is 72.3 cm³/mol. The normalized spacial score (nSPS) is 13.5. The van der Waals surface area contributed by atoms with Gasteiger partial charge in [-0.05, 0) is 68.4 Å². The van der Waals surface area contributed by atoms with E-state index < -0.39 is 0 Å². The summed E-state index contributed by atoms with van der Waals surface area (Å²) in [5.74, 6) is 2.86. The summed E-state index contributed by atoms with van der Waals surface area (Å²) in [6, 6.07) is 6.33. The van der Waals surface area contributed by atoms with Crippen molar-refractivity contribution in [3.63, 3.8) is 0 Å². The second-order valence-electron chi connectivity index (χ2n) is 2.61. The van der Waals surface area contributed by atoms with Crippen LogP contribution in [0.15, 0.2) is 29.3 Å². The maximum Gasteiger partial charge on any atom is 0.0447 e. The van der Waals surface area contributed by atoms with Gasteiger partial charge in [-0.1, -0.05) is 6.07 Å². The van der Waals surface area contributed by atoms with Gasteiger partial charge in [0.05, 0.1) is 0 Å². The monoisotopic (exact) mass is 393 g/mol. The standard InChI is InChI=1S/C10H5I2N/c11-8-2-1-7-6-13-4-3-10(12)9(7)5-8/h1-3,5-6H. The van der Waals surface area contributed by atoms with Crippen molar-refractivity contribution in [2.75, 3.05) is 0 Å². The highest BCUT2D eigenvalue weighted by Crippen LogP contribution is 2.06. The molecule has 1 nitrogen and oxygen atoms in total. The van der Waals surface area contributed by atoms with Crippen LogP contribution < -0.4 is 10.4 Å². The highest BCUT2D eigenvalue weighted by Gasteiger charge is 1.94. The average molecular weight is 393 g/mol. The van der Waals surface area contributed by atoms with Gasteiger partial charge in [0, 0.05) is 24.6 Å². The molecule has 13 heavy (non-hydrogen) atoms. The summed E-state index contributed by atoms with van der Waals surface area (Å²) < 4.78 is 2.43. The van der Waals surface area contributed by atoms with Crippen molar-refractivity contribution in [3.8, 4) is 0 Å². The summed E-state index contributed by atoms with van der Waals surface area (Å²) in [6.45, 7) is 0. The Hall–Kier alpha value is -0.130. The Morgan fingerprint density at radius 1 is 1.23 bits per heavy atom. The molecule has 0 saturated heterocycles. The zero-order chi connectivity index (χ0) is 9.26. The summed E-state index contributed by atoms with van der Waals surface area (Å²) in [7, 11) is 0. The highest BCUT2D eigenvalue weighted by atomic mass is 127. The molecular weight excluding hydrogens is 388 g/mol. The topological polar surface area (TPSA) is 12.4 Å². The van der Waals surface area contributed by atoms with Crippen LogP contribution >= 0.6 is 45.2 Å². The third-order valence-electron chi connectivity index (χ3n) is 1.74. The molecule has 1 heterocycles. The van der Waals surface area contributed by atoms with Crippen molar-refractivity contribution < 1.29 is 0 Å². The van der Waals surface area contributed by atoms with Crippen molar-refractivity contribution in [2.45, 2.75) is 0 Å². The minimum absolute atomic E-state index is 1.16. The Balaban J connectivity index is 2.95. The van der Waals surface area contributed by atoms with Gasteiger partial charge in [-0.3, -0.25) is 0 Å². The van der Waals surface area contributed by atoms with Gasteiger partial charge in [-0.15, -0.1) is 0 Å². The smallest absolute Gasteiger partial charge is 0.0447 e. The number of aliphatic imine (C=N–C) groups is 1. The lowest BCUT2D eigenvalue weighted by Gasteiger charge is -1.92. The fourth-order valence-corrected chi connectivity index (χ4v) is 2.22. The molecule has 0 saturated carbocycles. The number of benzene rings is 1. The van der Waals surface area contributed by atoms with E-state index in [0.717, 1.165) is 5.22 Å². The molecule has 3 heteroatoms. The Kier molecular flexibility index (Phi) is 2.86. The quantitative estimate of drug-likeness (QED) is 0.597. The van der Waals surface area contributed by atoms with Crippen molar-refractivity contribution in [2.24, 2.45) is 4.99 Å². The Morgan fingerprint density at radius 2 is 2.08 bits per heavy atom. The van der Waals surface area contributed by atoms with Crippen LogP contribution in [0.2, 0.25) is 0 Å². The lowest BCUT2D eigenvalue weighted by molar-refractivity contribution is 1.47. The number of hydrogen-bond acceptors (Lipinski definition) is 1. The lowest BCUT2D eigenvalue weighted by atomic mass is 10.2.